The summed E-state index contributed by atoms with van der Waals surface area (Å²) in [6, 6.07) is 3.92. The second kappa shape index (κ2) is 5.25. The minimum Gasteiger partial charge on any atom is -0.478 e. The van der Waals surface area contributed by atoms with Crippen molar-refractivity contribution in [1.82, 2.24) is 0 Å². The first-order chi connectivity index (χ1) is 8.01. The Bertz CT molecular complexity index is 480. The molecule has 1 aromatic carbocycles. The van der Waals surface area contributed by atoms with Crippen LogP contribution in [0.4, 0.5) is 8.78 Å². The fourth-order valence-electron chi connectivity index (χ4n) is 1.49. The standard InChI is InChI=1S/C11H9F2NO3/c1-2-6-8(5-14)7(10(15)16)3-4-9(6)17-11(12)13/h3-4,11H,2H2,1H3,(H,15,16). The number of hydrogen-bond donors (Lipinski definition) is 1. The molecule has 17 heavy (non-hydrogen) atoms. The van der Waals surface area contributed by atoms with Crippen molar-refractivity contribution in [2.24, 2.45) is 0 Å². The molecule has 0 saturated heterocycles. The largest absolute Gasteiger partial charge is 0.478 e. The van der Waals surface area contributed by atoms with Gasteiger partial charge in [0.1, 0.15) is 11.8 Å². The Labute approximate surface area is 96.0 Å². The molecule has 1 rings (SSSR count). The van der Waals surface area contributed by atoms with Crippen LogP contribution in [0.15, 0.2) is 12.1 Å². The molecule has 0 unspecified atom stereocenters. The molecular formula is C11H9F2NO3. The van der Waals surface area contributed by atoms with Gasteiger partial charge in [0.15, 0.2) is 0 Å². The number of halogens is 2. The van der Waals surface area contributed by atoms with E-state index < -0.39 is 12.6 Å². The summed E-state index contributed by atoms with van der Waals surface area (Å²) in [4.78, 5) is 10.8. The second-order valence-corrected chi connectivity index (χ2v) is 3.11. The molecule has 0 atom stereocenters. The highest BCUT2D eigenvalue weighted by atomic mass is 19.3. The number of alkyl halides is 2. The highest BCUT2D eigenvalue weighted by Crippen LogP contribution is 2.27. The lowest BCUT2D eigenvalue weighted by Gasteiger charge is -2.12. The summed E-state index contributed by atoms with van der Waals surface area (Å²) in [6.45, 7) is -1.39. The first-order valence-electron chi connectivity index (χ1n) is 4.75. The Balaban J connectivity index is 3.39. The van der Waals surface area contributed by atoms with E-state index in [9.17, 15) is 13.6 Å². The highest BCUT2D eigenvalue weighted by molar-refractivity contribution is 5.91. The molecule has 0 amide bonds. The van der Waals surface area contributed by atoms with Crippen LogP contribution >= 0.6 is 0 Å². The van der Waals surface area contributed by atoms with E-state index in [-0.39, 0.29) is 28.9 Å². The molecule has 1 N–H and O–H groups in total. The molecule has 0 bridgehead atoms. The monoisotopic (exact) mass is 241 g/mol. The van der Waals surface area contributed by atoms with Crippen LogP contribution in [0.5, 0.6) is 5.75 Å². The number of rotatable bonds is 4. The fraction of sp³-hybridized carbons (Fsp3) is 0.273. The zero-order chi connectivity index (χ0) is 13.0. The number of carbonyl (C=O) groups is 1. The molecule has 4 nitrogen and oxygen atoms in total. The van der Waals surface area contributed by atoms with Crippen molar-refractivity contribution in [1.29, 1.82) is 5.26 Å². The topological polar surface area (TPSA) is 70.3 Å². The van der Waals surface area contributed by atoms with Crippen molar-refractivity contribution in [3.8, 4) is 11.8 Å². The smallest absolute Gasteiger partial charge is 0.387 e. The summed E-state index contributed by atoms with van der Waals surface area (Å²) in [6.07, 6.45) is 0.228. The molecule has 1 aromatic rings. The van der Waals surface area contributed by atoms with Gasteiger partial charge in [0.2, 0.25) is 0 Å². The Kier molecular flexibility index (Phi) is 3.99. The molecule has 0 aromatic heterocycles. The van der Waals surface area contributed by atoms with Crippen LogP contribution in [0.25, 0.3) is 0 Å². The molecule has 0 aliphatic rings. The molecule has 90 valence electrons. The van der Waals surface area contributed by atoms with Gasteiger partial charge in [-0.25, -0.2) is 4.79 Å². The average Bonchev–Trinajstić information content (AvgIpc) is 2.26. The number of benzene rings is 1. The van der Waals surface area contributed by atoms with Gasteiger partial charge in [-0.05, 0) is 18.6 Å². The van der Waals surface area contributed by atoms with Crippen molar-refractivity contribution >= 4 is 5.97 Å². The third-order valence-electron chi connectivity index (χ3n) is 2.18. The quantitative estimate of drug-likeness (QED) is 0.878. The van der Waals surface area contributed by atoms with Crippen LogP contribution in [0.3, 0.4) is 0 Å². The van der Waals surface area contributed by atoms with E-state index in [1.165, 1.54) is 0 Å². The van der Waals surface area contributed by atoms with Gasteiger partial charge in [-0.3, -0.25) is 0 Å². The Hall–Kier alpha value is -2.16. The van der Waals surface area contributed by atoms with Crippen LogP contribution in [0.2, 0.25) is 0 Å². The molecule has 6 heteroatoms. The van der Waals surface area contributed by atoms with Gasteiger partial charge in [0.05, 0.1) is 11.1 Å². The number of hydrogen-bond acceptors (Lipinski definition) is 3. The van der Waals surface area contributed by atoms with E-state index in [4.69, 9.17) is 10.4 Å². The molecule has 0 spiro atoms. The number of nitriles is 1. The summed E-state index contributed by atoms with van der Waals surface area (Å²) in [5, 5.41) is 17.7. The van der Waals surface area contributed by atoms with E-state index in [1.54, 1.807) is 13.0 Å². The van der Waals surface area contributed by atoms with Crippen molar-refractivity contribution in [2.75, 3.05) is 0 Å². The minimum atomic E-state index is -3.01. The fourth-order valence-corrected chi connectivity index (χ4v) is 1.49. The summed E-state index contributed by atoms with van der Waals surface area (Å²) >= 11 is 0. The lowest BCUT2D eigenvalue weighted by molar-refractivity contribution is -0.0504. The number of ether oxygens (including phenoxy) is 1. The maximum atomic E-state index is 12.1. The van der Waals surface area contributed by atoms with Crippen molar-refractivity contribution in [2.45, 2.75) is 20.0 Å². The number of carboxylic acids is 1. The van der Waals surface area contributed by atoms with Crippen LogP contribution < -0.4 is 4.74 Å². The van der Waals surface area contributed by atoms with Gasteiger partial charge in [0, 0.05) is 5.56 Å². The predicted molar refractivity (Wildman–Crippen MR) is 54.1 cm³/mol. The van der Waals surface area contributed by atoms with E-state index in [2.05, 4.69) is 4.74 Å². The summed E-state index contributed by atoms with van der Waals surface area (Å²) < 4.78 is 28.5. The Morgan fingerprint density at radius 2 is 2.24 bits per heavy atom. The third kappa shape index (κ3) is 2.69. The first kappa shape index (κ1) is 12.9. The molecule has 0 saturated carbocycles. The number of carboxylic acid groups (broad SMARTS) is 1. The van der Waals surface area contributed by atoms with Gasteiger partial charge < -0.3 is 9.84 Å². The summed E-state index contributed by atoms with van der Waals surface area (Å²) in [7, 11) is 0. The Morgan fingerprint density at radius 1 is 1.59 bits per heavy atom. The maximum absolute atomic E-state index is 12.1. The third-order valence-corrected chi connectivity index (χ3v) is 2.18. The van der Waals surface area contributed by atoms with Crippen LogP contribution in [-0.2, 0) is 6.42 Å². The Morgan fingerprint density at radius 3 is 2.65 bits per heavy atom. The maximum Gasteiger partial charge on any atom is 0.387 e. The van der Waals surface area contributed by atoms with E-state index >= 15 is 0 Å². The average molecular weight is 241 g/mol. The van der Waals surface area contributed by atoms with Gasteiger partial charge in [0.25, 0.3) is 0 Å². The van der Waals surface area contributed by atoms with E-state index in [0.29, 0.717) is 0 Å². The molecular weight excluding hydrogens is 232 g/mol. The van der Waals surface area contributed by atoms with Gasteiger partial charge in [-0.1, -0.05) is 6.92 Å². The van der Waals surface area contributed by atoms with E-state index in [1.807, 2.05) is 0 Å². The normalized spacial score (nSPS) is 10.1. The molecule has 0 radical (unpaired) electrons. The number of aromatic carboxylic acids is 1. The molecule has 0 fully saturated rings. The minimum absolute atomic E-state index is 0.141. The van der Waals surface area contributed by atoms with Gasteiger partial charge >= 0.3 is 12.6 Å². The zero-order valence-corrected chi connectivity index (χ0v) is 8.91. The second-order valence-electron chi connectivity index (χ2n) is 3.11. The summed E-state index contributed by atoms with van der Waals surface area (Å²) in [5.74, 6) is -1.44. The molecule has 0 aliphatic carbocycles. The predicted octanol–water partition coefficient (Wildman–Crippen LogP) is 2.42. The molecule has 0 aliphatic heterocycles. The van der Waals surface area contributed by atoms with Gasteiger partial charge in [-0.15, -0.1) is 0 Å². The van der Waals surface area contributed by atoms with Crippen molar-refractivity contribution in [3.63, 3.8) is 0 Å². The lowest BCUT2D eigenvalue weighted by Crippen LogP contribution is -2.09. The van der Waals surface area contributed by atoms with Crippen molar-refractivity contribution < 1.29 is 23.4 Å². The van der Waals surface area contributed by atoms with Crippen LogP contribution in [-0.4, -0.2) is 17.7 Å². The van der Waals surface area contributed by atoms with Gasteiger partial charge in [-0.2, -0.15) is 14.0 Å². The zero-order valence-electron chi connectivity index (χ0n) is 8.91. The van der Waals surface area contributed by atoms with Crippen LogP contribution in [0.1, 0.15) is 28.4 Å². The summed E-state index contributed by atoms with van der Waals surface area (Å²) in [5.41, 5.74) is -0.184. The molecule has 0 heterocycles. The van der Waals surface area contributed by atoms with Crippen molar-refractivity contribution in [3.05, 3.63) is 28.8 Å². The van der Waals surface area contributed by atoms with Crippen LogP contribution in [0, 0.1) is 11.3 Å². The van der Waals surface area contributed by atoms with E-state index in [0.717, 1.165) is 12.1 Å². The highest BCUT2D eigenvalue weighted by Gasteiger charge is 2.18. The SMILES string of the molecule is CCc1c(OC(F)F)ccc(C(=O)O)c1C#N. The number of nitrogens with zero attached hydrogens (tertiary/aromatic N) is 1. The lowest BCUT2D eigenvalue weighted by atomic mass is 9.99. The first-order valence-corrected chi connectivity index (χ1v) is 4.75.